The molecule has 3 aromatic heterocycles. The molecule has 1 N–H and O–H groups in total. The summed E-state index contributed by atoms with van der Waals surface area (Å²) in [6.45, 7) is 7.67. The molecule has 6 heteroatoms. The Morgan fingerprint density at radius 1 is 1.38 bits per heavy atom. The zero-order chi connectivity index (χ0) is 14.3. The molecule has 0 amide bonds. The van der Waals surface area contributed by atoms with Gasteiger partial charge in [-0.15, -0.1) is 5.10 Å². The molecule has 4 rings (SSSR count). The molecule has 21 heavy (non-hydrogen) atoms. The van der Waals surface area contributed by atoms with Crippen molar-refractivity contribution < 1.29 is 0 Å². The first-order valence-electron chi connectivity index (χ1n) is 7.00. The lowest BCUT2D eigenvalue weighted by Gasteiger charge is -2.37. The lowest BCUT2D eigenvalue weighted by Crippen LogP contribution is -2.43. The third-order valence-electron chi connectivity index (χ3n) is 4.40. The van der Waals surface area contributed by atoms with E-state index in [4.69, 9.17) is 6.57 Å². The van der Waals surface area contributed by atoms with Crippen molar-refractivity contribution in [2.45, 2.75) is 24.8 Å². The average molecular weight is 278 g/mol. The fourth-order valence-electron chi connectivity index (χ4n) is 3.02. The second-order valence-electron chi connectivity index (χ2n) is 5.57. The van der Waals surface area contributed by atoms with Gasteiger partial charge in [-0.05, 0) is 25.3 Å². The van der Waals surface area contributed by atoms with Crippen molar-refractivity contribution in [2.75, 3.05) is 6.54 Å². The van der Waals surface area contributed by atoms with E-state index in [1.807, 2.05) is 29.3 Å². The smallest absolute Gasteiger partial charge is 0.239 e. The van der Waals surface area contributed by atoms with Crippen LogP contribution in [0.25, 0.3) is 27.0 Å². The van der Waals surface area contributed by atoms with Crippen molar-refractivity contribution >= 4 is 11.0 Å². The zero-order valence-electron chi connectivity index (χ0n) is 11.5. The Morgan fingerprint density at radius 2 is 2.29 bits per heavy atom. The van der Waals surface area contributed by atoms with Crippen molar-refractivity contribution in [3.8, 4) is 11.1 Å². The Hall–Kier alpha value is -2.68. The molecule has 0 radical (unpaired) electrons. The summed E-state index contributed by atoms with van der Waals surface area (Å²) in [5.74, 6) is 0. The molecule has 1 aliphatic rings. The molecule has 1 saturated carbocycles. The molecule has 0 atom stereocenters. The van der Waals surface area contributed by atoms with Crippen LogP contribution < -0.4 is 0 Å². The van der Waals surface area contributed by atoms with Crippen LogP contribution in [0.2, 0.25) is 0 Å². The van der Waals surface area contributed by atoms with Gasteiger partial charge in [0.15, 0.2) is 5.65 Å². The number of nitrogens with zero attached hydrogens (tertiary/aromatic N) is 5. The molecule has 1 fully saturated rings. The number of H-pyrrole nitrogens is 1. The first kappa shape index (κ1) is 12.1. The number of nitrogens with one attached hydrogen (secondary N) is 1. The molecule has 0 spiro atoms. The molecular weight excluding hydrogens is 264 g/mol. The summed E-state index contributed by atoms with van der Waals surface area (Å²) in [5, 5.41) is 13.7. The second-order valence-corrected chi connectivity index (χ2v) is 5.57. The molecule has 3 aromatic rings. The van der Waals surface area contributed by atoms with Crippen LogP contribution in [-0.2, 0) is 5.54 Å². The predicted octanol–water partition coefficient (Wildman–Crippen LogP) is 2.62. The summed E-state index contributed by atoms with van der Waals surface area (Å²) < 4.78 is 1.97. The largest absolute Gasteiger partial charge is 0.345 e. The Labute approximate surface area is 121 Å². The van der Waals surface area contributed by atoms with Crippen molar-refractivity contribution in [1.82, 2.24) is 25.0 Å². The molecular formula is C15H14N6. The van der Waals surface area contributed by atoms with E-state index in [9.17, 15) is 0 Å². The fraction of sp³-hybridized carbons (Fsp3) is 0.333. The number of hydrogen-bond acceptors (Lipinski definition) is 3. The molecule has 6 nitrogen and oxygen atoms in total. The predicted molar refractivity (Wildman–Crippen MR) is 78.4 cm³/mol. The molecule has 3 heterocycles. The number of hydrogen-bond donors (Lipinski definition) is 1. The van der Waals surface area contributed by atoms with Gasteiger partial charge >= 0.3 is 0 Å². The highest BCUT2D eigenvalue weighted by atomic mass is 15.3. The molecule has 1 aliphatic carbocycles. The first-order chi connectivity index (χ1) is 10.3. The summed E-state index contributed by atoms with van der Waals surface area (Å²) in [7, 11) is 0. The monoisotopic (exact) mass is 278 g/mol. The van der Waals surface area contributed by atoms with E-state index in [-0.39, 0.29) is 5.54 Å². The van der Waals surface area contributed by atoms with E-state index in [1.165, 1.54) is 6.42 Å². The van der Waals surface area contributed by atoms with Crippen LogP contribution >= 0.6 is 0 Å². The van der Waals surface area contributed by atoms with Crippen LogP contribution in [0.15, 0.2) is 30.9 Å². The van der Waals surface area contributed by atoms with Crippen LogP contribution in [0.1, 0.15) is 19.3 Å². The number of rotatable bonds is 3. The van der Waals surface area contributed by atoms with Crippen LogP contribution in [0.3, 0.4) is 0 Å². The van der Waals surface area contributed by atoms with E-state index < -0.39 is 0 Å². The summed E-state index contributed by atoms with van der Waals surface area (Å²) in [6, 6.07) is 1.99. The van der Waals surface area contributed by atoms with E-state index in [1.54, 1.807) is 6.20 Å². The van der Waals surface area contributed by atoms with Gasteiger partial charge in [-0.25, -0.2) is 6.57 Å². The minimum atomic E-state index is -0.0995. The summed E-state index contributed by atoms with van der Waals surface area (Å²) in [5.41, 5.74) is 2.72. The van der Waals surface area contributed by atoms with E-state index >= 15 is 0 Å². The summed E-state index contributed by atoms with van der Waals surface area (Å²) >= 11 is 0. The highest BCUT2D eigenvalue weighted by Crippen LogP contribution is 2.40. The van der Waals surface area contributed by atoms with E-state index in [0.29, 0.717) is 6.54 Å². The number of aromatic amines is 1. The minimum absolute atomic E-state index is 0.0995. The Morgan fingerprint density at radius 3 is 3.05 bits per heavy atom. The van der Waals surface area contributed by atoms with Gasteiger partial charge < -0.3 is 9.83 Å². The zero-order valence-corrected chi connectivity index (χ0v) is 11.5. The van der Waals surface area contributed by atoms with Gasteiger partial charge in [-0.3, -0.25) is 4.68 Å². The molecule has 0 saturated heterocycles. The number of fused-ring (bicyclic) bond motifs is 1. The normalized spacial score (nSPS) is 16.5. The van der Waals surface area contributed by atoms with Crippen molar-refractivity contribution in [3.05, 3.63) is 42.3 Å². The van der Waals surface area contributed by atoms with Gasteiger partial charge in [-0.2, -0.15) is 10.2 Å². The van der Waals surface area contributed by atoms with Crippen LogP contribution in [0.5, 0.6) is 0 Å². The topological polar surface area (TPSA) is 63.8 Å². The minimum Gasteiger partial charge on any atom is -0.345 e. The Balaban J connectivity index is 1.78. The highest BCUT2D eigenvalue weighted by Gasteiger charge is 2.43. The summed E-state index contributed by atoms with van der Waals surface area (Å²) in [4.78, 5) is 6.66. The van der Waals surface area contributed by atoms with Gasteiger partial charge in [-0.1, -0.05) is 0 Å². The first-order valence-corrected chi connectivity index (χ1v) is 7.00. The number of aromatic nitrogens is 5. The maximum Gasteiger partial charge on any atom is 0.239 e. The molecule has 104 valence electrons. The third-order valence-corrected chi connectivity index (χ3v) is 4.40. The Bertz CT molecular complexity index is 833. The van der Waals surface area contributed by atoms with Gasteiger partial charge in [0.1, 0.15) is 5.54 Å². The maximum absolute atomic E-state index is 7.16. The molecule has 0 aliphatic heterocycles. The molecule has 0 unspecified atom stereocenters. The fourth-order valence-corrected chi connectivity index (χ4v) is 3.02. The quantitative estimate of drug-likeness (QED) is 0.749. The summed E-state index contributed by atoms with van der Waals surface area (Å²) in [6.07, 6.45) is 10.7. The lowest BCUT2D eigenvalue weighted by molar-refractivity contribution is 0.145. The van der Waals surface area contributed by atoms with Gasteiger partial charge in [0.05, 0.1) is 12.4 Å². The standard InChI is InChI=1S/C15H14N6/c1-16-10-15(4-2-5-15)21-9-11(7-19-21)13-8-18-20-14-12(13)3-6-17-14/h3,6-9H,2,4-5,10H2,(H,17,20). The van der Waals surface area contributed by atoms with Gasteiger partial charge in [0, 0.05) is 28.9 Å². The van der Waals surface area contributed by atoms with Crippen LogP contribution in [-0.4, -0.2) is 31.5 Å². The van der Waals surface area contributed by atoms with E-state index in [0.717, 1.165) is 35.0 Å². The van der Waals surface area contributed by atoms with Crippen LogP contribution in [0, 0.1) is 6.57 Å². The van der Waals surface area contributed by atoms with Crippen molar-refractivity contribution in [3.63, 3.8) is 0 Å². The third kappa shape index (κ3) is 1.74. The Kier molecular flexibility index (Phi) is 2.54. The average Bonchev–Trinajstić information content (AvgIpc) is 3.11. The highest BCUT2D eigenvalue weighted by molar-refractivity contribution is 5.91. The van der Waals surface area contributed by atoms with Gasteiger partial charge in [0.25, 0.3) is 0 Å². The molecule has 0 bridgehead atoms. The SMILES string of the molecule is [C-]#[N+]CC1(n2cc(-c3cnnc4[nH]ccc34)cn2)CCC1. The van der Waals surface area contributed by atoms with E-state index in [2.05, 4.69) is 25.1 Å². The maximum atomic E-state index is 7.16. The lowest BCUT2D eigenvalue weighted by atomic mass is 9.77. The van der Waals surface area contributed by atoms with Crippen molar-refractivity contribution in [2.24, 2.45) is 0 Å². The second kappa shape index (κ2) is 4.42. The molecule has 0 aromatic carbocycles. The van der Waals surface area contributed by atoms with Crippen LogP contribution in [0.4, 0.5) is 0 Å². The van der Waals surface area contributed by atoms with Crippen molar-refractivity contribution in [1.29, 1.82) is 0 Å². The van der Waals surface area contributed by atoms with Gasteiger partial charge in [0.2, 0.25) is 6.54 Å².